The van der Waals surface area contributed by atoms with Crippen LogP contribution in [0, 0.1) is 0 Å². The van der Waals surface area contributed by atoms with E-state index in [9.17, 15) is 4.79 Å². The van der Waals surface area contributed by atoms with Crippen LogP contribution >= 0.6 is 0 Å². The lowest BCUT2D eigenvalue weighted by Crippen LogP contribution is -2.23. The van der Waals surface area contributed by atoms with Gasteiger partial charge in [-0.1, -0.05) is 0 Å². The summed E-state index contributed by atoms with van der Waals surface area (Å²) in [4.78, 5) is 21.0. The highest BCUT2D eigenvalue weighted by atomic mass is 16.5. The van der Waals surface area contributed by atoms with Gasteiger partial charge in [-0.15, -0.1) is 0 Å². The van der Waals surface area contributed by atoms with Crippen molar-refractivity contribution in [3.63, 3.8) is 0 Å². The molecule has 2 heterocycles. The molecule has 0 radical (unpaired) electrons. The van der Waals surface area contributed by atoms with Crippen molar-refractivity contribution in [2.75, 3.05) is 37.5 Å². The highest BCUT2D eigenvalue weighted by Crippen LogP contribution is 2.13. The van der Waals surface area contributed by atoms with Gasteiger partial charge in [-0.2, -0.15) is 0 Å². The smallest absolute Gasteiger partial charge is 0.257 e. The first kappa shape index (κ1) is 14.1. The lowest BCUT2D eigenvalue weighted by atomic mass is 10.3. The number of ether oxygens (including phenoxy) is 1. The topological polar surface area (TPSA) is 70.2 Å². The molecule has 2 aromatic heterocycles. The van der Waals surface area contributed by atoms with Crippen molar-refractivity contribution in [3.8, 4) is 0 Å². The van der Waals surface area contributed by atoms with Gasteiger partial charge in [-0.25, -0.2) is 4.98 Å². The maximum absolute atomic E-state index is 11.8. The van der Waals surface area contributed by atoms with E-state index in [1.807, 2.05) is 24.1 Å². The summed E-state index contributed by atoms with van der Waals surface area (Å²) in [6.45, 7) is 1.41. The molecule has 106 valence electrons. The van der Waals surface area contributed by atoms with E-state index in [2.05, 4.69) is 15.3 Å². The molecule has 6 nitrogen and oxygen atoms in total. The summed E-state index contributed by atoms with van der Waals surface area (Å²) in [5.41, 5.74) is 1.26. The zero-order valence-electron chi connectivity index (χ0n) is 11.6. The third kappa shape index (κ3) is 3.58. The molecule has 2 N–H and O–H groups in total. The number of likely N-dealkylation sites (N-methyl/N-ethyl adjacent to an activating group) is 1. The molecular weight excluding hydrogens is 256 g/mol. The summed E-state index contributed by atoms with van der Waals surface area (Å²) in [5.74, 6) is 0.676. The molecule has 2 aromatic rings. The predicted molar refractivity (Wildman–Crippen MR) is 78.1 cm³/mol. The van der Waals surface area contributed by atoms with Gasteiger partial charge >= 0.3 is 0 Å². The molecule has 0 aromatic carbocycles. The van der Waals surface area contributed by atoms with Crippen LogP contribution in [0.5, 0.6) is 0 Å². The molecule has 0 aliphatic carbocycles. The molecule has 0 aliphatic rings. The van der Waals surface area contributed by atoms with Gasteiger partial charge in [0.15, 0.2) is 0 Å². The fourth-order valence-electron chi connectivity index (χ4n) is 1.70. The van der Waals surface area contributed by atoms with Gasteiger partial charge in [0, 0.05) is 33.1 Å². The van der Waals surface area contributed by atoms with Crippen LogP contribution in [0.1, 0.15) is 10.4 Å². The minimum Gasteiger partial charge on any atom is -0.383 e. The summed E-state index contributed by atoms with van der Waals surface area (Å²) in [7, 11) is 3.61. The Balaban J connectivity index is 1.96. The Morgan fingerprint density at radius 2 is 2.30 bits per heavy atom. The Morgan fingerprint density at radius 1 is 1.45 bits per heavy atom. The van der Waals surface area contributed by atoms with Crippen LogP contribution in [0.25, 0.3) is 0 Å². The van der Waals surface area contributed by atoms with Crippen molar-refractivity contribution in [2.45, 2.75) is 0 Å². The molecule has 0 aliphatic heterocycles. The first-order chi connectivity index (χ1) is 9.70. The maximum atomic E-state index is 11.8. The summed E-state index contributed by atoms with van der Waals surface area (Å²) in [5, 5.41) is 2.79. The van der Waals surface area contributed by atoms with E-state index in [0.29, 0.717) is 17.9 Å². The number of hydrogen-bond donors (Lipinski definition) is 2. The first-order valence-electron chi connectivity index (χ1n) is 6.31. The van der Waals surface area contributed by atoms with Gasteiger partial charge in [-0.3, -0.25) is 4.79 Å². The third-order valence-corrected chi connectivity index (χ3v) is 2.89. The van der Waals surface area contributed by atoms with Crippen LogP contribution < -0.4 is 10.2 Å². The second-order valence-electron chi connectivity index (χ2n) is 4.37. The fourth-order valence-corrected chi connectivity index (χ4v) is 1.70. The Morgan fingerprint density at radius 3 is 2.90 bits per heavy atom. The molecule has 0 saturated heterocycles. The first-order valence-corrected chi connectivity index (χ1v) is 6.31. The maximum Gasteiger partial charge on any atom is 0.257 e. The lowest BCUT2D eigenvalue weighted by Gasteiger charge is -2.17. The molecule has 6 heteroatoms. The van der Waals surface area contributed by atoms with Crippen LogP contribution in [-0.2, 0) is 4.74 Å². The van der Waals surface area contributed by atoms with E-state index in [1.54, 1.807) is 31.8 Å². The molecular formula is C14H18N4O2. The van der Waals surface area contributed by atoms with Crippen LogP contribution in [0.3, 0.4) is 0 Å². The van der Waals surface area contributed by atoms with E-state index >= 15 is 0 Å². The van der Waals surface area contributed by atoms with E-state index in [0.717, 1.165) is 12.4 Å². The lowest BCUT2D eigenvalue weighted by molar-refractivity contribution is 0.102. The van der Waals surface area contributed by atoms with Crippen molar-refractivity contribution >= 4 is 17.4 Å². The van der Waals surface area contributed by atoms with Crippen LogP contribution in [0.2, 0.25) is 0 Å². The van der Waals surface area contributed by atoms with E-state index in [-0.39, 0.29) is 5.91 Å². The standard InChI is InChI=1S/C14H18N4O2/c1-18(7-8-20-2)13-4-3-12(10-16-13)17-14(19)11-5-6-15-9-11/h3-6,9-10,15H,7-8H2,1-2H3,(H,17,19). The van der Waals surface area contributed by atoms with Crippen LogP contribution in [0.15, 0.2) is 36.8 Å². The van der Waals surface area contributed by atoms with Gasteiger partial charge in [0.1, 0.15) is 5.82 Å². The number of nitrogens with zero attached hydrogens (tertiary/aromatic N) is 2. The number of aromatic nitrogens is 2. The summed E-state index contributed by atoms with van der Waals surface area (Å²) in [6, 6.07) is 5.41. The fraction of sp³-hybridized carbons (Fsp3) is 0.286. The van der Waals surface area contributed by atoms with Crippen molar-refractivity contribution < 1.29 is 9.53 Å². The van der Waals surface area contributed by atoms with Gasteiger partial charge in [0.2, 0.25) is 0 Å². The number of rotatable bonds is 6. The number of carbonyl (C=O) groups is 1. The summed E-state index contributed by atoms with van der Waals surface area (Å²) in [6.07, 6.45) is 5.00. The Hall–Kier alpha value is -2.34. The quantitative estimate of drug-likeness (QED) is 0.842. The zero-order valence-corrected chi connectivity index (χ0v) is 11.6. The van der Waals surface area contributed by atoms with E-state index < -0.39 is 0 Å². The zero-order chi connectivity index (χ0) is 14.4. The number of nitrogens with one attached hydrogen (secondary N) is 2. The minimum absolute atomic E-state index is 0.159. The van der Waals surface area contributed by atoms with Crippen LogP contribution in [0.4, 0.5) is 11.5 Å². The second kappa shape index (κ2) is 6.72. The van der Waals surface area contributed by atoms with Gasteiger partial charge in [0.05, 0.1) is 24.1 Å². The van der Waals surface area contributed by atoms with Crippen molar-refractivity contribution in [2.24, 2.45) is 0 Å². The van der Waals surface area contributed by atoms with Crippen LogP contribution in [-0.4, -0.2) is 43.2 Å². The number of carbonyl (C=O) groups excluding carboxylic acids is 1. The molecule has 0 spiro atoms. The normalized spacial score (nSPS) is 10.3. The number of hydrogen-bond acceptors (Lipinski definition) is 4. The van der Waals surface area contributed by atoms with E-state index in [4.69, 9.17) is 4.74 Å². The van der Waals surface area contributed by atoms with E-state index in [1.165, 1.54) is 0 Å². The number of methoxy groups -OCH3 is 1. The molecule has 0 unspecified atom stereocenters. The van der Waals surface area contributed by atoms with Crippen molar-refractivity contribution in [1.29, 1.82) is 0 Å². The number of anilines is 2. The SMILES string of the molecule is COCCN(C)c1ccc(NC(=O)c2cc[nH]c2)cn1. The predicted octanol–water partition coefficient (Wildman–Crippen LogP) is 1.74. The van der Waals surface area contributed by atoms with Gasteiger partial charge in [-0.05, 0) is 18.2 Å². The monoisotopic (exact) mass is 274 g/mol. The summed E-state index contributed by atoms with van der Waals surface area (Å²) >= 11 is 0. The average molecular weight is 274 g/mol. The number of aromatic amines is 1. The number of pyridine rings is 1. The molecule has 0 atom stereocenters. The molecule has 0 saturated carbocycles. The summed E-state index contributed by atoms with van der Waals surface area (Å²) < 4.78 is 5.02. The molecule has 2 rings (SSSR count). The minimum atomic E-state index is -0.159. The molecule has 1 amide bonds. The average Bonchev–Trinajstić information content (AvgIpc) is 3.00. The Bertz CT molecular complexity index is 537. The number of amides is 1. The van der Waals surface area contributed by atoms with Crippen molar-refractivity contribution in [1.82, 2.24) is 9.97 Å². The van der Waals surface area contributed by atoms with Crippen molar-refractivity contribution in [3.05, 3.63) is 42.4 Å². The Kier molecular flexibility index (Phi) is 4.73. The highest BCUT2D eigenvalue weighted by Gasteiger charge is 2.07. The Labute approximate surface area is 117 Å². The number of H-pyrrole nitrogens is 1. The highest BCUT2D eigenvalue weighted by molar-refractivity contribution is 6.04. The van der Waals surface area contributed by atoms with Gasteiger partial charge < -0.3 is 19.9 Å². The molecule has 20 heavy (non-hydrogen) atoms. The molecule has 0 bridgehead atoms. The molecule has 0 fully saturated rings. The largest absolute Gasteiger partial charge is 0.383 e. The van der Waals surface area contributed by atoms with Gasteiger partial charge in [0.25, 0.3) is 5.91 Å². The second-order valence-corrected chi connectivity index (χ2v) is 4.37. The third-order valence-electron chi connectivity index (χ3n) is 2.89.